The van der Waals surface area contributed by atoms with Gasteiger partial charge in [-0.2, -0.15) is 0 Å². The van der Waals surface area contributed by atoms with Gasteiger partial charge in [-0.15, -0.1) is 0 Å². The Kier molecular flexibility index (Phi) is 4.68. The molecule has 0 saturated heterocycles. The van der Waals surface area contributed by atoms with Crippen molar-refractivity contribution in [3.8, 4) is 0 Å². The van der Waals surface area contributed by atoms with Crippen LogP contribution in [0.2, 0.25) is 0 Å². The summed E-state index contributed by atoms with van der Waals surface area (Å²) in [6, 6.07) is 7.86. The van der Waals surface area contributed by atoms with Gasteiger partial charge in [0.1, 0.15) is 5.82 Å². The number of rotatable bonds is 5. The normalized spacial score (nSPS) is 12.5. The molecule has 0 aliphatic carbocycles. The van der Waals surface area contributed by atoms with Crippen molar-refractivity contribution in [1.82, 2.24) is 14.7 Å². The fourth-order valence-corrected chi connectivity index (χ4v) is 3.19. The fraction of sp³-hybridized carbons (Fsp3) is 0.125. The fourth-order valence-electron chi connectivity index (χ4n) is 2.70. The summed E-state index contributed by atoms with van der Waals surface area (Å²) in [7, 11) is -1.23. The quantitative estimate of drug-likeness (QED) is 0.616. The number of thiol groups is 1. The first-order chi connectivity index (χ1) is 11.6. The largest absolute Gasteiger partial charge is 0.386 e. The van der Waals surface area contributed by atoms with Gasteiger partial charge < -0.3 is 5.32 Å². The van der Waals surface area contributed by atoms with Crippen molar-refractivity contribution in [1.29, 1.82) is 0 Å². The van der Waals surface area contributed by atoms with Crippen LogP contribution in [0.3, 0.4) is 0 Å². The summed E-state index contributed by atoms with van der Waals surface area (Å²) in [5.41, 5.74) is 2.09. The SMILES string of the molecule is CNc1c(C(N[SH](=O)=O)c2ccncc2F)ccc2cccnc12. The van der Waals surface area contributed by atoms with E-state index in [-0.39, 0.29) is 5.56 Å². The van der Waals surface area contributed by atoms with E-state index in [1.165, 1.54) is 12.3 Å². The van der Waals surface area contributed by atoms with Crippen LogP contribution in [0, 0.1) is 5.82 Å². The predicted molar refractivity (Wildman–Crippen MR) is 90.8 cm³/mol. The standard InChI is InChI=1S/C16H15FN4O2S/c1-18-16-12(5-4-10-3-2-7-20-14(10)16)15(21-24(22)23)11-6-8-19-9-13(11)17/h2-9,15,18,24H,1H3,(H,21,22,23). The van der Waals surface area contributed by atoms with Gasteiger partial charge in [0.25, 0.3) is 0 Å². The summed E-state index contributed by atoms with van der Waals surface area (Å²) in [6.07, 6.45) is 4.13. The van der Waals surface area contributed by atoms with Crippen LogP contribution in [0.4, 0.5) is 10.1 Å². The molecule has 124 valence electrons. The van der Waals surface area contributed by atoms with E-state index in [1.54, 1.807) is 19.3 Å². The number of anilines is 1. The van der Waals surface area contributed by atoms with Crippen molar-refractivity contribution in [2.75, 3.05) is 12.4 Å². The molecule has 1 unspecified atom stereocenters. The minimum atomic E-state index is -2.95. The molecule has 2 heterocycles. The van der Waals surface area contributed by atoms with Crippen LogP contribution in [0.15, 0.2) is 48.9 Å². The lowest BCUT2D eigenvalue weighted by molar-refractivity contribution is 0.569. The van der Waals surface area contributed by atoms with E-state index >= 15 is 0 Å². The average molecular weight is 346 g/mol. The van der Waals surface area contributed by atoms with Gasteiger partial charge in [0.05, 0.1) is 23.4 Å². The summed E-state index contributed by atoms with van der Waals surface area (Å²) in [4.78, 5) is 8.05. The van der Waals surface area contributed by atoms with Crippen LogP contribution in [-0.4, -0.2) is 25.4 Å². The Morgan fingerprint density at radius 1 is 1.12 bits per heavy atom. The summed E-state index contributed by atoms with van der Waals surface area (Å²) in [6.45, 7) is 0. The van der Waals surface area contributed by atoms with Crippen molar-refractivity contribution < 1.29 is 12.8 Å². The van der Waals surface area contributed by atoms with Gasteiger partial charge in [-0.05, 0) is 12.1 Å². The van der Waals surface area contributed by atoms with Crippen LogP contribution in [0.25, 0.3) is 10.9 Å². The van der Waals surface area contributed by atoms with Gasteiger partial charge in [0.2, 0.25) is 10.9 Å². The highest BCUT2D eigenvalue weighted by Gasteiger charge is 2.22. The van der Waals surface area contributed by atoms with E-state index in [2.05, 4.69) is 20.0 Å². The molecule has 8 heteroatoms. The van der Waals surface area contributed by atoms with Gasteiger partial charge in [0, 0.05) is 36.0 Å². The zero-order chi connectivity index (χ0) is 17.1. The Hall–Kier alpha value is -2.58. The van der Waals surface area contributed by atoms with Crippen molar-refractivity contribution in [3.05, 3.63) is 65.9 Å². The number of nitrogens with one attached hydrogen (secondary N) is 2. The molecule has 0 aliphatic heterocycles. The minimum absolute atomic E-state index is 0.191. The molecule has 2 N–H and O–H groups in total. The van der Waals surface area contributed by atoms with Gasteiger partial charge in [-0.25, -0.2) is 17.5 Å². The van der Waals surface area contributed by atoms with E-state index in [0.717, 1.165) is 11.6 Å². The molecule has 6 nitrogen and oxygen atoms in total. The molecule has 1 atom stereocenters. The molecule has 0 aliphatic rings. The molecule has 2 aromatic heterocycles. The summed E-state index contributed by atoms with van der Waals surface area (Å²) >= 11 is 0. The molecule has 0 bridgehead atoms. The molecule has 1 aromatic carbocycles. The zero-order valence-corrected chi connectivity index (χ0v) is 13.6. The molecule has 3 rings (SSSR count). The lowest BCUT2D eigenvalue weighted by Crippen LogP contribution is -2.23. The van der Waals surface area contributed by atoms with E-state index < -0.39 is 22.7 Å². The van der Waals surface area contributed by atoms with Gasteiger partial charge in [-0.1, -0.05) is 18.2 Å². The maximum absolute atomic E-state index is 14.2. The zero-order valence-electron chi connectivity index (χ0n) is 12.7. The lowest BCUT2D eigenvalue weighted by atomic mass is 9.96. The van der Waals surface area contributed by atoms with Crippen LogP contribution in [0.1, 0.15) is 17.2 Å². The van der Waals surface area contributed by atoms with Crippen LogP contribution in [0.5, 0.6) is 0 Å². The Morgan fingerprint density at radius 2 is 1.96 bits per heavy atom. The van der Waals surface area contributed by atoms with Crippen molar-refractivity contribution in [2.24, 2.45) is 0 Å². The minimum Gasteiger partial charge on any atom is -0.386 e. The molecule has 3 aromatic rings. The monoisotopic (exact) mass is 346 g/mol. The highest BCUT2D eigenvalue weighted by Crippen LogP contribution is 2.34. The number of nitrogens with zero attached hydrogens (tertiary/aromatic N) is 2. The summed E-state index contributed by atoms with van der Waals surface area (Å²) < 4.78 is 39.2. The van der Waals surface area contributed by atoms with E-state index in [9.17, 15) is 12.8 Å². The van der Waals surface area contributed by atoms with Crippen LogP contribution >= 0.6 is 0 Å². The number of aromatic nitrogens is 2. The summed E-state index contributed by atoms with van der Waals surface area (Å²) in [5.74, 6) is -0.588. The number of benzene rings is 1. The Bertz CT molecular complexity index is 954. The van der Waals surface area contributed by atoms with E-state index in [4.69, 9.17) is 0 Å². The van der Waals surface area contributed by atoms with E-state index in [1.807, 2.05) is 18.2 Å². The number of hydrogen-bond donors (Lipinski definition) is 3. The third-order valence-electron chi connectivity index (χ3n) is 3.72. The Balaban J connectivity index is 2.25. The molecule has 0 saturated carbocycles. The van der Waals surface area contributed by atoms with Crippen molar-refractivity contribution in [3.63, 3.8) is 0 Å². The third-order valence-corrected chi connectivity index (χ3v) is 4.19. The van der Waals surface area contributed by atoms with Crippen LogP contribution in [-0.2, 0) is 10.9 Å². The first-order valence-electron chi connectivity index (χ1n) is 7.17. The highest BCUT2D eigenvalue weighted by atomic mass is 32.2. The van der Waals surface area contributed by atoms with Crippen LogP contribution < -0.4 is 10.0 Å². The van der Waals surface area contributed by atoms with Gasteiger partial charge in [0.15, 0.2) is 0 Å². The first-order valence-corrected chi connectivity index (χ1v) is 8.35. The topological polar surface area (TPSA) is 84.0 Å². The predicted octanol–water partition coefficient (Wildman–Crippen LogP) is 2.02. The third kappa shape index (κ3) is 3.06. The highest BCUT2D eigenvalue weighted by molar-refractivity contribution is 7.70. The Labute approximate surface area is 139 Å². The second-order valence-electron chi connectivity index (χ2n) is 5.07. The number of hydrogen-bond acceptors (Lipinski definition) is 5. The average Bonchev–Trinajstić information content (AvgIpc) is 2.59. The van der Waals surface area contributed by atoms with E-state index in [0.29, 0.717) is 16.8 Å². The molecule has 24 heavy (non-hydrogen) atoms. The van der Waals surface area contributed by atoms with Crippen molar-refractivity contribution in [2.45, 2.75) is 6.04 Å². The maximum atomic E-state index is 14.2. The van der Waals surface area contributed by atoms with Gasteiger partial charge >= 0.3 is 0 Å². The number of fused-ring (bicyclic) bond motifs is 1. The molecular weight excluding hydrogens is 331 g/mol. The number of pyridine rings is 2. The maximum Gasteiger partial charge on any atom is 0.202 e. The summed E-state index contributed by atoms with van der Waals surface area (Å²) in [5, 5.41) is 3.94. The smallest absolute Gasteiger partial charge is 0.202 e. The Morgan fingerprint density at radius 3 is 2.67 bits per heavy atom. The molecule has 0 radical (unpaired) electrons. The molecule has 0 fully saturated rings. The second kappa shape index (κ2) is 6.90. The lowest BCUT2D eigenvalue weighted by Gasteiger charge is -2.21. The van der Waals surface area contributed by atoms with Gasteiger partial charge in [-0.3, -0.25) is 9.97 Å². The van der Waals surface area contributed by atoms with Crippen molar-refractivity contribution >= 4 is 27.5 Å². The number of halogens is 1. The molecular formula is C16H15FN4O2S. The molecule has 0 spiro atoms. The second-order valence-corrected chi connectivity index (χ2v) is 5.84. The first kappa shape index (κ1) is 16.3. The molecule has 0 amide bonds.